The van der Waals surface area contributed by atoms with Gasteiger partial charge >= 0.3 is 0 Å². The summed E-state index contributed by atoms with van der Waals surface area (Å²) in [5, 5.41) is 0.987. The molecule has 20 heavy (non-hydrogen) atoms. The number of anilines is 2. The van der Waals surface area contributed by atoms with E-state index in [9.17, 15) is 0 Å². The minimum atomic E-state index is 0. The van der Waals surface area contributed by atoms with Crippen molar-refractivity contribution >= 4 is 47.6 Å². The first-order chi connectivity index (χ1) is 9.25. The van der Waals surface area contributed by atoms with E-state index < -0.39 is 0 Å². The molecule has 0 atom stereocenters. The van der Waals surface area contributed by atoms with Crippen molar-refractivity contribution < 1.29 is 0 Å². The maximum atomic E-state index is 4.56. The molecule has 3 nitrogen and oxygen atoms in total. The number of fused-ring (bicyclic) bond motifs is 1. The van der Waals surface area contributed by atoms with Crippen molar-refractivity contribution in [2.75, 3.05) is 4.31 Å². The van der Waals surface area contributed by atoms with Gasteiger partial charge in [-0.3, -0.25) is 4.31 Å². The van der Waals surface area contributed by atoms with E-state index in [1.807, 2.05) is 36.4 Å². The van der Waals surface area contributed by atoms with Crippen LogP contribution in [0, 0.1) is 6.92 Å². The lowest BCUT2D eigenvalue weighted by atomic mass is 10.2. The molecule has 0 saturated carbocycles. The van der Waals surface area contributed by atoms with Gasteiger partial charge in [-0.25, -0.2) is 9.97 Å². The Morgan fingerprint density at radius 1 is 0.950 bits per heavy atom. The highest BCUT2D eigenvalue weighted by Gasteiger charge is 2.10. The maximum Gasteiger partial charge on any atom is 0.154 e. The molecule has 0 aliphatic carbocycles. The Kier molecular flexibility index (Phi) is 4.47. The average molecular weight is 304 g/mol. The van der Waals surface area contributed by atoms with Crippen LogP contribution in [0.25, 0.3) is 10.9 Å². The smallest absolute Gasteiger partial charge is 0.154 e. The van der Waals surface area contributed by atoms with Crippen molar-refractivity contribution in [3.05, 3.63) is 60.4 Å². The maximum absolute atomic E-state index is 4.56. The molecular formula is C15H14ClN3S. The lowest BCUT2D eigenvalue weighted by Gasteiger charge is -2.18. The fraction of sp³-hybridized carbons (Fsp3) is 0.0667. The van der Waals surface area contributed by atoms with E-state index >= 15 is 0 Å². The first kappa shape index (κ1) is 14.6. The Labute approximate surface area is 129 Å². The molecule has 0 N–H and O–H groups in total. The van der Waals surface area contributed by atoms with E-state index in [1.165, 1.54) is 5.56 Å². The molecule has 0 bridgehead atoms. The topological polar surface area (TPSA) is 29.0 Å². The summed E-state index contributed by atoms with van der Waals surface area (Å²) >= 11 is 4.56. The van der Waals surface area contributed by atoms with Gasteiger partial charge in [0.15, 0.2) is 5.82 Å². The number of rotatable bonds is 2. The van der Waals surface area contributed by atoms with E-state index in [0.29, 0.717) is 0 Å². The van der Waals surface area contributed by atoms with Crippen LogP contribution < -0.4 is 4.31 Å². The summed E-state index contributed by atoms with van der Waals surface area (Å²) in [6, 6.07) is 16.1. The largest absolute Gasteiger partial charge is 0.270 e. The van der Waals surface area contributed by atoms with E-state index in [1.54, 1.807) is 10.6 Å². The quantitative estimate of drug-likeness (QED) is 0.714. The van der Waals surface area contributed by atoms with Gasteiger partial charge in [0.05, 0.1) is 11.2 Å². The molecule has 0 saturated heterocycles. The van der Waals surface area contributed by atoms with Crippen LogP contribution in [0.5, 0.6) is 0 Å². The molecule has 0 radical (unpaired) electrons. The van der Waals surface area contributed by atoms with Crippen molar-refractivity contribution in [2.45, 2.75) is 6.92 Å². The molecule has 0 aliphatic rings. The molecule has 2 aromatic carbocycles. The predicted octanol–water partition coefficient (Wildman–Crippen LogP) is 4.34. The van der Waals surface area contributed by atoms with Gasteiger partial charge in [-0.05, 0) is 31.2 Å². The van der Waals surface area contributed by atoms with Crippen LogP contribution in [0.2, 0.25) is 0 Å². The van der Waals surface area contributed by atoms with Gasteiger partial charge in [0.2, 0.25) is 0 Å². The number of nitrogens with zero attached hydrogens (tertiary/aromatic N) is 3. The zero-order valence-corrected chi connectivity index (χ0v) is 12.6. The summed E-state index contributed by atoms with van der Waals surface area (Å²) in [5.41, 5.74) is 3.12. The minimum absolute atomic E-state index is 0. The predicted molar refractivity (Wildman–Crippen MR) is 89.1 cm³/mol. The highest BCUT2D eigenvalue weighted by atomic mass is 35.5. The molecule has 3 rings (SSSR count). The molecule has 0 spiro atoms. The highest BCUT2D eigenvalue weighted by molar-refractivity contribution is 7.82. The monoisotopic (exact) mass is 303 g/mol. The number of hydrogen-bond donors (Lipinski definition) is 1. The van der Waals surface area contributed by atoms with Gasteiger partial charge in [-0.1, -0.05) is 42.6 Å². The molecule has 1 aromatic heterocycles. The van der Waals surface area contributed by atoms with Crippen LogP contribution in [0.3, 0.4) is 0 Å². The highest BCUT2D eigenvalue weighted by Crippen LogP contribution is 2.30. The Balaban J connectivity index is 0.00000147. The minimum Gasteiger partial charge on any atom is -0.270 e. The van der Waals surface area contributed by atoms with Gasteiger partial charge in [0, 0.05) is 5.39 Å². The van der Waals surface area contributed by atoms with Crippen LogP contribution in [-0.4, -0.2) is 9.97 Å². The summed E-state index contributed by atoms with van der Waals surface area (Å²) in [7, 11) is 0. The molecule has 0 amide bonds. The third-order valence-electron chi connectivity index (χ3n) is 3.00. The van der Waals surface area contributed by atoms with Crippen molar-refractivity contribution in [1.82, 2.24) is 9.97 Å². The van der Waals surface area contributed by atoms with E-state index in [2.05, 4.69) is 41.8 Å². The standard InChI is InChI=1S/C15H13N3S.ClH/c1-11-6-8-12(9-7-11)18(19)15-13-4-2-3-5-14(13)16-10-17-15;/h2-10,19H,1H3;1H. The van der Waals surface area contributed by atoms with Crippen molar-refractivity contribution in [1.29, 1.82) is 0 Å². The first-order valence-electron chi connectivity index (χ1n) is 6.01. The average Bonchev–Trinajstić information content (AvgIpc) is 2.47. The molecule has 0 aliphatic heterocycles. The molecular weight excluding hydrogens is 290 g/mol. The number of aromatic nitrogens is 2. The van der Waals surface area contributed by atoms with E-state index in [4.69, 9.17) is 0 Å². The second-order valence-corrected chi connectivity index (χ2v) is 4.76. The van der Waals surface area contributed by atoms with Gasteiger partial charge in [0.1, 0.15) is 6.33 Å². The molecule has 0 fully saturated rings. The number of aryl methyl sites for hydroxylation is 1. The summed E-state index contributed by atoms with van der Waals surface area (Å²) in [6.45, 7) is 2.06. The zero-order chi connectivity index (χ0) is 13.2. The van der Waals surface area contributed by atoms with Gasteiger partial charge in [-0.15, -0.1) is 12.4 Å². The molecule has 1 heterocycles. The fourth-order valence-corrected chi connectivity index (χ4v) is 2.26. The normalized spacial score (nSPS) is 10.1. The molecule has 102 valence electrons. The van der Waals surface area contributed by atoms with Gasteiger partial charge in [-0.2, -0.15) is 0 Å². The number of para-hydroxylation sites is 1. The number of benzene rings is 2. The SMILES string of the molecule is Cc1ccc(N(S)c2ncnc3ccccc23)cc1.Cl. The lowest BCUT2D eigenvalue weighted by Crippen LogP contribution is -2.05. The molecule has 3 aromatic rings. The van der Waals surface area contributed by atoms with E-state index in [-0.39, 0.29) is 12.4 Å². The Morgan fingerprint density at radius 2 is 1.65 bits per heavy atom. The van der Waals surface area contributed by atoms with Crippen LogP contribution >= 0.6 is 25.2 Å². The second kappa shape index (κ2) is 6.11. The fourth-order valence-electron chi connectivity index (χ4n) is 1.97. The first-order valence-corrected chi connectivity index (χ1v) is 6.41. The van der Waals surface area contributed by atoms with Gasteiger partial charge < -0.3 is 0 Å². The molecule has 5 heteroatoms. The number of hydrogen-bond acceptors (Lipinski definition) is 4. The molecule has 0 unspecified atom stereocenters. The Morgan fingerprint density at radius 3 is 2.40 bits per heavy atom. The zero-order valence-electron chi connectivity index (χ0n) is 10.9. The lowest BCUT2D eigenvalue weighted by molar-refractivity contribution is 1.19. The third-order valence-corrected chi connectivity index (χ3v) is 3.42. The van der Waals surface area contributed by atoms with Crippen molar-refractivity contribution in [3.8, 4) is 0 Å². The Bertz CT molecular complexity index is 710. The van der Waals surface area contributed by atoms with Gasteiger partial charge in [0.25, 0.3) is 0 Å². The van der Waals surface area contributed by atoms with Crippen LogP contribution in [-0.2, 0) is 0 Å². The summed E-state index contributed by atoms with van der Waals surface area (Å²) in [6.07, 6.45) is 1.56. The van der Waals surface area contributed by atoms with E-state index in [0.717, 1.165) is 22.4 Å². The van der Waals surface area contributed by atoms with Crippen LogP contribution in [0.1, 0.15) is 5.56 Å². The van der Waals surface area contributed by atoms with Crippen LogP contribution in [0.15, 0.2) is 54.9 Å². The second-order valence-electron chi connectivity index (χ2n) is 4.36. The number of thiol groups is 1. The van der Waals surface area contributed by atoms with Crippen molar-refractivity contribution in [3.63, 3.8) is 0 Å². The third kappa shape index (κ3) is 2.71. The number of halogens is 1. The summed E-state index contributed by atoms with van der Waals surface area (Å²) < 4.78 is 1.78. The van der Waals surface area contributed by atoms with Crippen molar-refractivity contribution in [2.24, 2.45) is 0 Å². The Hall–Kier alpha value is -1.78. The van der Waals surface area contributed by atoms with Crippen LogP contribution in [0.4, 0.5) is 11.5 Å². The summed E-state index contributed by atoms with van der Waals surface area (Å²) in [4.78, 5) is 8.60. The summed E-state index contributed by atoms with van der Waals surface area (Å²) in [5.74, 6) is 0.790.